The molecule has 57 heavy (non-hydrogen) atoms. The number of likely N-dealkylation sites (N-methyl/N-ethyl adjacent to an activating group) is 2. The number of carbonyl (C=O) groups excluding carboxylic acids is 4. The molecule has 1 aromatic carbocycles. The van der Waals surface area contributed by atoms with Gasteiger partial charge in [0, 0.05) is 40.5 Å². The third-order valence-electron chi connectivity index (χ3n) is 9.90. The molecule has 1 aliphatic heterocycles. The molecule has 0 radical (unpaired) electrons. The van der Waals surface area contributed by atoms with E-state index in [-0.39, 0.29) is 54.6 Å². The van der Waals surface area contributed by atoms with E-state index in [9.17, 15) is 23.7 Å². The number of nitrogens with one attached hydrogen (secondary N) is 2. The van der Waals surface area contributed by atoms with Crippen molar-refractivity contribution in [3.05, 3.63) is 29.8 Å². The van der Waals surface area contributed by atoms with Crippen molar-refractivity contribution in [2.45, 2.75) is 123 Å². The number of hydrogen-bond acceptors (Lipinski definition) is 12. The predicted octanol–water partition coefficient (Wildman–Crippen LogP) is 4.51. The van der Waals surface area contributed by atoms with Crippen LogP contribution in [0.4, 0.5) is 0 Å². The highest BCUT2D eigenvalue weighted by Crippen LogP contribution is 2.29. The summed E-state index contributed by atoms with van der Waals surface area (Å²) in [7, 11) is 11.0. The Bertz CT molecular complexity index is 1360. The number of likely N-dealkylation sites (tertiary alicyclic amines) is 1. The highest BCUT2D eigenvalue weighted by Gasteiger charge is 2.41. The van der Waals surface area contributed by atoms with Gasteiger partial charge in [0.15, 0.2) is 0 Å². The van der Waals surface area contributed by atoms with Gasteiger partial charge in [-0.15, -0.1) is 0 Å². The number of benzene rings is 1. The van der Waals surface area contributed by atoms with Gasteiger partial charge in [-0.3, -0.25) is 24.1 Å². The first-order valence-corrected chi connectivity index (χ1v) is 20.6. The Balaban J connectivity index is 0.00000597. The van der Waals surface area contributed by atoms with Crippen molar-refractivity contribution in [1.82, 2.24) is 25.3 Å². The molecule has 2 rings (SSSR count). The first-order valence-electron chi connectivity index (χ1n) is 19.9. The lowest BCUT2D eigenvalue weighted by atomic mass is 9.93. The maximum Gasteiger partial charge on any atom is 0.242 e. The number of ether oxygens (including phenoxy) is 3. The normalized spacial score (nSPS) is 17.2. The SMILES string of the molecule is CCC.CCCC(C(CC(=O)N1CCCC1C(OC)C(C)C(=O)NC(C)/C(=N/SO)c1cccc(OC)c1)OC)N(C)C(=O)CNC(=O)C(C(C)C)N(C)C.CO. The molecule has 1 heterocycles. The van der Waals surface area contributed by atoms with Crippen molar-refractivity contribution in [3.8, 4) is 5.75 Å². The van der Waals surface area contributed by atoms with Crippen molar-refractivity contribution in [2.75, 3.05) is 62.7 Å². The molecule has 7 unspecified atom stereocenters. The number of amides is 4. The number of methoxy groups -OCH3 is 3. The minimum atomic E-state index is -0.632. The Labute approximate surface area is 347 Å². The summed E-state index contributed by atoms with van der Waals surface area (Å²) in [6.45, 7) is 14.1. The topological polar surface area (TPSA) is 183 Å². The minimum absolute atomic E-state index is 0.0327. The van der Waals surface area contributed by atoms with Crippen LogP contribution in [0.3, 0.4) is 0 Å². The van der Waals surface area contributed by atoms with E-state index in [2.05, 4.69) is 28.9 Å². The van der Waals surface area contributed by atoms with Crippen molar-refractivity contribution < 1.29 is 43.0 Å². The predicted molar refractivity (Wildman–Crippen MR) is 228 cm³/mol. The summed E-state index contributed by atoms with van der Waals surface area (Å²) in [5.41, 5.74) is 1.15. The molecule has 0 saturated carbocycles. The smallest absolute Gasteiger partial charge is 0.242 e. The van der Waals surface area contributed by atoms with Gasteiger partial charge in [0.05, 0.1) is 68.1 Å². The number of nitrogens with zero attached hydrogens (tertiary/aromatic N) is 4. The maximum absolute atomic E-state index is 14.0. The molecule has 1 aliphatic rings. The number of rotatable bonds is 21. The van der Waals surface area contributed by atoms with Crippen LogP contribution in [-0.2, 0) is 28.7 Å². The molecule has 1 saturated heterocycles. The highest BCUT2D eigenvalue weighted by atomic mass is 32.2. The lowest BCUT2D eigenvalue weighted by Gasteiger charge is -2.37. The van der Waals surface area contributed by atoms with Gasteiger partial charge >= 0.3 is 0 Å². The first kappa shape index (κ1) is 53.7. The molecular formula is C41H74N6O9S. The Kier molecular flexibility index (Phi) is 27.3. The van der Waals surface area contributed by atoms with E-state index >= 15 is 0 Å². The fourth-order valence-electron chi connectivity index (χ4n) is 7.21. The molecule has 4 amide bonds. The van der Waals surface area contributed by atoms with E-state index in [4.69, 9.17) is 19.3 Å². The number of aliphatic hydroxyl groups is 1. The molecule has 7 atom stereocenters. The van der Waals surface area contributed by atoms with E-state index in [1.165, 1.54) is 13.5 Å². The highest BCUT2D eigenvalue weighted by molar-refractivity contribution is 7.92. The van der Waals surface area contributed by atoms with Gasteiger partial charge in [0.2, 0.25) is 23.6 Å². The maximum atomic E-state index is 14.0. The third kappa shape index (κ3) is 16.8. The Morgan fingerprint density at radius 3 is 2.14 bits per heavy atom. The summed E-state index contributed by atoms with van der Waals surface area (Å²) in [4.78, 5) is 59.0. The van der Waals surface area contributed by atoms with Crippen LogP contribution in [0.5, 0.6) is 5.75 Å². The lowest BCUT2D eigenvalue weighted by molar-refractivity contribution is -0.145. The number of hydrogen-bond donors (Lipinski definition) is 4. The molecule has 1 aromatic rings. The molecule has 4 N–H and O–H groups in total. The minimum Gasteiger partial charge on any atom is -0.497 e. The van der Waals surface area contributed by atoms with Crippen molar-refractivity contribution in [2.24, 2.45) is 16.2 Å². The van der Waals surface area contributed by atoms with Gasteiger partial charge in [0.1, 0.15) is 18.0 Å². The zero-order chi connectivity index (χ0) is 43.8. The van der Waals surface area contributed by atoms with Crippen LogP contribution in [0.25, 0.3) is 0 Å². The van der Waals surface area contributed by atoms with Crippen LogP contribution in [-0.4, -0.2) is 153 Å². The molecule has 328 valence electrons. The zero-order valence-corrected chi connectivity index (χ0v) is 37.9. The molecule has 0 aromatic heterocycles. The fraction of sp³-hybridized carbons (Fsp3) is 0.732. The summed E-state index contributed by atoms with van der Waals surface area (Å²) >= 11 is 0.314. The molecule has 0 spiro atoms. The molecule has 15 nitrogen and oxygen atoms in total. The van der Waals surface area contributed by atoms with Gasteiger partial charge in [-0.05, 0) is 58.3 Å². The van der Waals surface area contributed by atoms with E-state index in [0.29, 0.717) is 48.6 Å². The van der Waals surface area contributed by atoms with Crippen molar-refractivity contribution >= 4 is 41.6 Å². The van der Waals surface area contributed by atoms with Crippen LogP contribution in [0, 0.1) is 11.8 Å². The van der Waals surface area contributed by atoms with Crippen LogP contribution in [0.2, 0.25) is 0 Å². The monoisotopic (exact) mass is 827 g/mol. The van der Waals surface area contributed by atoms with Crippen LogP contribution < -0.4 is 15.4 Å². The summed E-state index contributed by atoms with van der Waals surface area (Å²) in [6.07, 6.45) is 2.86. The van der Waals surface area contributed by atoms with Crippen LogP contribution in [0.1, 0.15) is 92.6 Å². The van der Waals surface area contributed by atoms with Gasteiger partial charge in [-0.25, -0.2) is 0 Å². The van der Waals surface area contributed by atoms with E-state index in [0.717, 1.165) is 20.0 Å². The van der Waals surface area contributed by atoms with E-state index < -0.39 is 30.2 Å². The van der Waals surface area contributed by atoms with Gasteiger partial charge in [-0.2, -0.15) is 4.40 Å². The molecule has 16 heteroatoms. The second kappa shape index (κ2) is 29.0. The third-order valence-corrected chi connectivity index (χ3v) is 10.2. The second-order valence-corrected chi connectivity index (χ2v) is 15.1. The summed E-state index contributed by atoms with van der Waals surface area (Å²) in [5, 5.41) is 12.8. The Hall–Kier alpha value is -3.28. The van der Waals surface area contributed by atoms with Crippen molar-refractivity contribution in [1.29, 1.82) is 0 Å². The summed E-state index contributed by atoms with van der Waals surface area (Å²) < 4.78 is 30.8. The molecular weight excluding hydrogens is 753 g/mol. The standard InChI is InChI=1S/C37H62N6O8S.C3H8.CH4O/c1-12-15-28(42(8)32(45)22-38-37(47)34(23(2)3)41(6)7)30(50-10)21-31(44)43-19-14-18-29(43)35(51-11)24(4)36(46)39-25(5)33(40-52-48)26-16-13-17-27(20-26)49-9;1-3-2;1-2/h13,16-17,20,23-25,28-30,34-35,48H,12,14-15,18-19,21-22H2,1-11H3,(H,38,47)(H,39,46);3H2,1-2H3;2H,1H3/b40-33-;;. The number of aliphatic hydroxyl groups excluding tert-OH is 1. The Morgan fingerprint density at radius 1 is 1.00 bits per heavy atom. The van der Waals surface area contributed by atoms with Crippen LogP contribution >= 0.6 is 12.2 Å². The largest absolute Gasteiger partial charge is 0.497 e. The molecule has 0 aliphatic carbocycles. The van der Waals surface area contributed by atoms with Gasteiger partial charge in [0.25, 0.3) is 0 Å². The van der Waals surface area contributed by atoms with E-state index in [1.54, 1.807) is 63.1 Å². The first-order chi connectivity index (χ1) is 27.1. The summed E-state index contributed by atoms with van der Waals surface area (Å²) in [5.74, 6) is -0.871. The Morgan fingerprint density at radius 2 is 1.63 bits per heavy atom. The average Bonchev–Trinajstić information content (AvgIpc) is 3.67. The second-order valence-electron chi connectivity index (χ2n) is 14.7. The van der Waals surface area contributed by atoms with Crippen LogP contribution in [0.15, 0.2) is 28.7 Å². The van der Waals surface area contributed by atoms with Gasteiger partial charge < -0.3 is 44.3 Å². The quantitative estimate of drug-likeness (QED) is 0.0778. The average molecular weight is 827 g/mol. The molecule has 1 fully saturated rings. The van der Waals surface area contributed by atoms with E-state index in [1.807, 2.05) is 45.8 Å². The lowest BCUT2D eigenvalue weighted by Crippen LogP contribution is -2.54. The fourth-order valence-corrected chi connectivity index (χ4v) is 7.56. The van der Waals surface area contributed by atoms with Gasteiger partial charge in [-0.1, -0.05) is 66.5 Å². The number of carbonyl (C=O) groups is 4. The van der Waals surface area contributed by atoms with Crippen molar-refractivity contribution in [3.63, 3.8) is 0 Å². The summed E-state index contributed by atoms with van der Waals surface area (Å²) in [6, 6.07) is 5.52. The zero-order valence-electron chi connectivity index (χ0n) is 37.0. The molecule has 0 bridgehead atoms.